The highest BCUT2D eigenvalue weighted by atomic mass is 19.1. The molecule has 6 heteroatoms. The molecule has 0 radical (unpaired) electrons. The topological polar surface area (TPSA) is 78.6 Å². The van der Waals surface area contributed by atoms with Gasteiger partial charge in [-0.25, -0.2) is 4.39 Å². The van der Waals surface area contributed by atoms with Crippen LogP contribution in [0.25, 0.3) is 0 Å². The van der Waals surface area contributed by atoms with E-state index in [1.165, 1.54) is 18.2 Å². The highest BCUT2D eigenvalue weighted by Crippen LogP contribution is 2.22. The van der Waals surface area contributed by atoms with Gasteiger partial charge in [0.2, 0.25) is 5.91 Å². The lowest BCUT2D eigenvalue weighted by atomic mass is 9.98. The van der Waals surface area contributed by atoms with E-state index in [9.17, 15) is 14.3 Å². The van der Waals surface area contributed by atoms with Crippen LogP contribution < -0.4 is 11.1 Å². The molecule has 1 unspecified atom stereocenters. The maximum absolute atomic E-state index is 13.0. The second kappa shape index (κ2) is 6.41. The van der Waals surface area contributed by atoms with Crippen molar-refractivity contribution in [3.63, 3.8) is 0 Å². The van der Waals surface area contributed by atoms with Gasteiger partial charge in [0, 0.05) is 6.54 Å². The molecule has 0 spiro atoms. The Morgan fingerprint density at radius 2 is 2.24 bits per heavy atom. The summed E-state index contributed by atoms with van der Waals surface area (Å²) in [5.74, 6) is -0.616. The molecule has 1 amide bonds. The van der Waals surface area contributed by atoms with Crippen molar-refractivity contribution in [2.45, 2.75) is 31.8 Å². The third-order valence-corrected chi connectivity index (χ3v) is 3.81. The zero-order valence-electron chi connectivity index (χ0n) is 12.2. The van der Waals surface area contributed by atoms with Crippen LogP contribution >= 0.6 is 0 Å². The van der Waals surface area contributed by atoms with E-state index in [4.69, 9.17) is 5.73 Å². The summed E-state index contributed by atoms with van der Waals surface area (Å²) < 4.78 is 13.0. The average molecular weight is 295 g/mol. The second-order valence-corrected chi connectivity index (χ2v) is 5.91. The van der Waals surface area contributed by atoms with Gasteiger partial charge in [-0.1, -0.05) is 0 Å². The number of halogens is 1. The van der Waals surface area contributed by atoms with Crippen LogP contribution in [-0.2, 0) is 4.79 Å². The number of nitrogens with one attached hydrogen (secondary N) is 1. The number of rotatable bonds is 3. The molecule has 0 aromatic heterocycles. The molecule has 1 aliphatic heterocycles. The summed E-state index contributed by atoms with van der Waals surface area (Å²) in [6, 6.07) is 3.89. The third-order valence-electron chi connectivity index (χ3n) is 3.81. The lowest BCUT2D eigenvalue weighted by Gasteiger charge is -2.22. The summed E-state index contributed by atoms with van der Waals surface area (Å²) in [4.78, 5) is 14.0. The van der Waals surface area contributed by atoms with Crippen LogP contribution in [0.1, 0.15) is 26.2 Å². The Morgan fingerprint density at radius 3 is 2.95 bits per heavy atom. The molecule has 1 fully saturated rings. The molecule has 0 aliphatic carbocycles. The standard InChI is InChI=1S/C15H22FN3O2/c1-15(21)5-2-7-19(8-6-15)10-14(20)18-13-4-3-11(16)9-12(13)17/h3-4,9,21H,2,5-8,10,17H2,1H3,(H,18,20). The predicted molar refractivity (Wildman–Crippen MR) is 80.4 cm³/mol. The smallest absolute Gasteiger partial charge is 0.238 e. The van der Waals surface area contributed by atoms with E-state index in [1.807, 2.05) is 11.8 Å². The lowest BCUT2D eigenvalue weighted by Crippen LogP contribution is -2.35. The number of nitrogens with two attached hydrogens (primary N) is 1. The molecule has 1 aromatic carbocycles. The average Bonchev–Trinajstić information content (AvgIpc) is 2.54. The van der Waals surface area contributed by atoms with Crippen LogP contribution in [0.5, 0.6) is 0 Å². The number of amides is 1. The van der Waals surface area contributed by atoms with Gasteiger partial charge in [-0.3, -0.25) is 9.69 Å². The third kappa shape index (κ3) is 4.68. The number of hydrogen-bond donors (Lipinski definition) is 3. The highest BCUT2D eigenvalue weighted by molar-refractivity contribution is 5.95. The van der Waals surface area contributed by atoms with Gasteiger partial charge >= 0.3 is 0 Å². The molecule has 5 nitrogen and oxygen atoms in total. The Labute approximate surface area is 123 Å². The summed E-state index contributed by atoms with van der Waals surface area (Å²) in [6.45, 7) is 3.53. The van der Waals surface area contributed by atoms with Crippen LogP contribution in [0.4, 0.5) is 15.8 Å². The van der Waals surface area contributed by atoms with E-state index in [0.29, 0.717) is 18.7 Å². The van der Waals surface area contributed by atoms with E-state index in [-0.39, 0.29) is 18.1 Å². The zero-order valence-corrected chi connectivity index (χ0v) is 12.2. The minimum absolute atomic E-state index is 0.185. The molecule has 0 bridgehead atoms. The Kier molecular flexibility index (Phi) is 4.80. The number of likely N-dealkylation sites (tertiary alicyclic amines) is 1. The SMILES string of the molecule is CC1(O)CCCN(CC(=O)Nc2ccc(F)cc2N)CC1. The minimum Gasteiger partial charge on any atom is -0.397 e. The molecule has 4 N–H and O–H groups in total. The van der Waals surface area contributed by atoms with Gasteiger partial charge in [-0.15, -0.1) is 0 Å². The quantitative estimate of drug-likeness (QED) is 0.740. The van der Waals surface area contributed by atoms with Crippen molar-refractivity contribution in [3.8, 4) is 0 Å². The van der Waals surface area contributed by atoms with Crippen LogP contribution in [0, 0.1) is 5.82 Å². The summed E-state index contributed by atoms with van der Waals surface area (Å²) in [5.41, 5.74) is 5.65. The maximum atomic E-state index is 13.0. The summed E-state index contributed by atoms with van der Waals surface area (Å²) in [5, 5.41) is 12.7. The number of nitrogen functional groups attached to an aromatic ring is 1. The first-order chi connectivity index (χ1) is 9.85. The van der Waals surface area contributed by atoms with E-state index in [0.717, 1.165) is 19.4 Å². The molecule has 1 saturated heterocycles. The van der Waals surface area contributed by atoms with Crippen molar-refractivity contribution in [2.75, 3.05) is 30.7 Å². The van der Waals surface area contributed by atoms with Crippen LogP contribution in [0.15, 0.2) is 18.2 Å². The number of carbonyl (C=O) groups is 1. The first kappa shape index (κ1) is 15.7. The van der Waals surface area contributed by atoms with E-state index in [1.54, 1.807) is 0 Å². The first-order valence-electron chi connectivity index (χ1n) is 7.15. The number of nitrogens with zero attached hydrogens (tertiary/aromatic N) is 1. The zero-order chi connectivity index (χ0) is 15.5. The van der Waals surface area contributed by atoms with Crippen molar-refractivity contribution in [2.24, 2.45) is 0 Å². The van der Waals surface area contributed by atoms with E-state index >= 15 is 0 Å². The maximum Gasteiger partial charge on any atom is 0.238 e. The highest BCUT2D eigenvalue weighted by Gasteiger charge is 2.25. The van der Waals surface area contributed by atoms with Crippen LogP contribution in [0.2, 0.25) is 0 Å². The number of anilines is 2. The van der Waals surface area contributed by atoms with Crippen molar-refractivity contribution < 1.29 is 14.3 Å². The predicted octanol–water partition coefficient (Wildman–Crippen LogP) is 1.58. The Balaban J connectivity index is 1.89. The van der Waals surface area contributed by atoms with Gasteiger partial charge in [0.05, 0.1) is 23.5 Å². The lowest BCUT2D eigenvalue weighted by molar-refractivity contribution is -0.117. The molecular formula is C15H22FN3O2. The van der Waals surface area contributed by atoms with Crippen molar-refractivity contribution in [1.82, 2.24) is 4.90 Å². The Hall–Kier alpha value is -1.66. The minimum atomic E-state index is -0.646. The number of benzene rings is 1. The van der Waals surface area contributed by atoms with Gasteiger partial charge < -0.3 is 16.2 Å². The van der Waals surface area contributed by atoms with Gasteiger partial charge in [0.15, 0.2) is 0 Å². The number of carbonyl (C=O) groups excluding carboxylic acids is 1. The second-order valence-electron chi connectivity index (χ2n) is 5.91. The van der Waals surface area contributed by atoms with Gasteiger partial charge in [0.25, 0.3) is 0 Å². The van der Waals surface area contributed by atoms with E-state index in [2.05, 4.69) is 5.32 Å². The molecule has 1 aromatic rings. The molecule has 116 valence electrons. The van der Waals surface area contributed by atoms with Gasteiger partial charge in [-0.2, -0.15) is 0 Å². The Bertz CT molecular complexity index is 520. The molecule has 21 heavy (non-hydrogen) atoms. The summed E-state index contributed by atoms with van der Waals surface area (Å²) >= 11 is 0. The van der Waals surface area contributed by atoms with Gasteiger partial charge in [-0.05, 0) is 50.9 Å². The van der Waals surface area contributed by atoms with Crippen molar-refractivity contribution in [3.05, 3.63) is 24.0 Å². The number of hydrogen-bond acceptors (Lipinski definition) is 4. The van der Waals surface area contributed by atoms with E-state index < -0.39 is 11.4 Å². The summed E-state index contributed by atoms with van der Waals surface area (Å²) in [7, 11) is 0. The molecule has 1 aliphatic rings. The fraction of sp³-hybridized carbons (Fsp3) is 0.533. The van der Waals surface area contributed by atoms with Crippen molar-refractivity contribution in [1.29, 1.82) is 0 Å². The van der Waals surface area contributed by atoms with Crippen LogP contribution in [-0.4, -0.2) is 41.1 Å². The molecule has 0 saturated carbocycles. The Morgan fingerprint density at radius 1 is 1.48 bits per heavy atom. The molecular weight excluding hydrogens is 273 g/mol. The molecule has 1 atom stereocenters. The van der Waals surface area contributed by atoms with Crippen molar-refractivity contribution >= 4 is 17.3 Å². The molecule has 2 rings (SSSR count). The van der Waals surface area contributed by atoms with Crippen LogP contribution in [0.3, 0.4) is 0 Å². The largest absolute Gasteiger partial charge is 0.397 e. The monoisotopic (exact) mass is 295 g/mol. The fourth-order valence-electron chi connectivity index (χ4n) is 2.52. The molecule has 1 heterocycles. The summed E-state index contributed by atoms with van der Waals surface area (Å²) in [6.07, 6.45) is 2.26. The normalized spacial score (nSPS) is 23.6. The first-order valence-corrected chi connectivity index (χ1v) is 7.15. The fourth-order valence-corrected chi connectivity index (χ4v) is 2.52. The number of aliphatic hydroxyl groups is 1. The van der Waals surface area contributed by atoms with Gasteiger partial charge in [0.1, 0.15) is 5.82 Å².